The number of benzene rings is 2. The average molecular weight is 423 g/mol. The number of amides is 1. The van der Waals surface area contributed by atoms with Gasteiger partial charge in [-0.1, -0.05) is 15.9 Å². The summed E-state index contributed by atoms with van der Waals surface area (Å²) < 4.78 is 11.6. The Kier molecular flexibility index (Phi) is 6.78. The Morgan fingerprint density at radius 1 is 1.16 bits per heavy atom. The number of thiocarbonyl (C=S) groups is 1. The quantitative estimate of drug-likeness (QED) is 0.700. The highest BCUT2D eigenvalue weighted by atomic mass is 79.9. The van der Waals surface area contributed by atoms with E-state index in [0.717, 1.165) is 15.9 Å². The summed E-state index contributed by atoms with van der Waals surface area (Å²) in [6.45, 7) is 3.93. The highest BCUT2D eigenvalue weighted by Crippen LogP contribution is 2.23. The number of methoxy groups -OCH3 is 1. The van der Waals surface area contributed by atoms with Crippen molar-refractivity contribution >= 4 is 44.9 Å². The van der Waals surface area contributed by atoms with Crippen molar-refractivity contribution in [1.82, 2.24) is 5.32 Å². The summed E-state index contributed by atoms with van der Waals surface area (Å²) in [7, 11) is 1.51. The lowest BCUT2D eigenvalue weighted by molar-refractivity contribution is 0.0974. The summed E-state index contributed by atoms with van der Waals surface area (Å²) in [6, 6.07) is 12.5. The van der Waals surface area contributed by atoms with E-state index in [0.29, 0.717) is 11.3 Å². The lowest BCUT2D eigenvalue weighted by atomic mass is 10.2. The Morgan fingerprint density at radius 3 is 2.44 bits per heavy atom. The molecule has 0 spiro atoms. The predicted octanol–water partition coefficient (Wildman–Crippen LogP) is 4.37. The van der Waals surface area contributed by atoms with Crippen molar-refractivity contribution in [1.29, 1.82) is 0 Å². The molecule has 0 heterocycles. The molecule has 25 heavy (non-hydrogen) atoms. The molecule has 0 radical (unpaired) electrons. The first-order valence-electron chi connectivity index (χ1n) is 7.61. The van der Waals surface area contributed by atoms with Gasteiger partial charge in [-0.25, -0.2) is 0 Å². The van der Waals surface area contributed by atoms with Crippen LogP contribution >= 0.6 is 28.1 Å². The molecule has 0 aliphatic heterocycles. The first-order chi connectivity index (χ1) is 11.9. The molecule has 0 bridgehead atoms. The molecule has 0 unspecified atom stereocenters. The van der Waals surface area contributed by atoms with Crippen LogP contribution in [0.5, 0.6) is 11.5 Å². The normalized spacial score (nSPS) is 10.3. The average Bonchev–Trinajstić information content (AvgIpc) is 2.56. The lowest BCUT2D eigenvalue weighted by Gasteiger charge is -2.13. The molecular formula is C18H19BrN2O3S. The van der Waals surface area contributed by atoms with E-state index in [9.17, 15) is 4.79 Å². The molecular weight excluding hydrogens is 404 g/mol. The summed E-state index contributed by atoms with van der Waals surface area (Å²) >= 11 is 8.54. The second kappa shape index (κ2) is 8.82. The third-order valence-electron chi connectivity index (χ3n) is 3.12. The van der Waals surface area contributed by atoms with E-state index in [4.69, 9.17) is 21.7 Å². The standard InChI is InChI=1S/C18H19BrN2O3S/c1-11(2)24-14-7-5-13(6-8-14)20-18(25)21-17(22)15-10-12(19)4-9-16(15)23-3/h4-11H,1-3H3,(H2,20,21,22,25). The molecule has 2 rings (SSSR count). The largest absolute Gasteiger partial charge is 0.496 e. The molecule has 0 fully saturated rings. The summed E-state index contributed by atoms with van der Waals surface area (Å²) in [6.07, 6.45) is 0.111. The van der Waals surface area contributed by atoms with Gasteiger partial charge < -0.3 is 14.8 Å². The first kappa shape index (κ1) is 19.2. The Balaban J connectivity index is 2.00. The van der Waals surface area contributed by atoms with Gasteiger partial charge in [-0.2, -0.15) is 0 Å². The molecule has 2 aromatic rings. The van der Waals surface area contributed by atoms with Gasteiger partial charge >= 0.3 is 0 Å². The second-order valence-corrected chi connectivity index (χ2v) is 6.77. The lowest BCUT2D eigenvalue weighted by Crippen LogP contribution is -2.34. The molecule has 0 saturated carbocycles. The number of hydrogen-bond donors (Lipinski definition) is 2. The van der Waals surface area contributed by atoms with Crippen molar-refractivity contribution in [3.8, 4) is 11.5 Å². The number of halogens is 1. The van der Waals surface area contributed by atoms with Crippen LogP contribution in [-0.2, 0) is 0 Å². The highest BCUT2D eigenvalue weighted by Gasteiger charge is 2.14. The van der Waals surface area contributed by atoms with E-state index >= 15 is 0 Å². The van der Waals surface area contributed by atoms with Gasteiger partial charge in [0.15, 0.2) is 5.11 Å². The highest BCUT2D eigenvalue weighted by molar-refractivity contribution is 9.10. The number of rotatable bonds is 5. The summed E-state index contributed by atoms with van der Waals surface area (Å²) in [4.78, 5) is 12.4. The van der Waals surface area contributed by atoms with Crippen molar-refractivity contribution in [2.75, 3.05) is 12.4 Å². The van der Waals surface area contributed by atoms with Crippen molar-refractivity contribution in [2.24, 2.45) is 0 Å². The minimum Gasteiger partial charge on any atom is -0.496 e. The fourth-order valence-electron chi connectivity index (χ4n) is 2.08. The fraction of sp³-hybridized carbons (Fsp3) is 0.222. The number of ether oxygens (including phenoxy) is 2. The van der Waals surface area contributed by atoms with E-state index in [2.05, 4.69) is 26.6 Å². The fourth-order valence-corrected chi connectivity index (χ4v) is 2.65. The predicted molar refractivity (Wildman–Crippen MR) is 107 cm³/mol. The SMILES string of the molecule is COc1ccc(Br)cc1C(=O)NC(=S)Nc1ccc(OC(C)C)cc1. The molecule has 5 nitrogen and oxygen atoms in total. The van der Waals surface area contributed by atoms with Crippen LogP contribution in [0.1, 0.15) is 24.2 Å². The molecule has 0 atom stereocenters. The zero-order chi connectivity index (χ0) is 18.4. The van der Waals surface area contributed by atoms with Crippen LogP contribution in [0.3, 0.4) is 0 Å². The van der Waals surface area contributed by atoms with Crippen LogP contribution in [0, 0.1) is 0 Å². The van der Waals surface area contributed by atoms with E-state index in [1.54, 1.807) is 18.2 Å². The van der Waals surface area contributed by atoms with Crippen LogP contribution in [0.2, 0.25) is 0 Å². The van der Waals surface area contributed by atoms with Crippen molar-refractivity contribution in [3.63, 3.8) is 0 Å². The van der Waals surface area contributed by atoms with E-state index in [-0.39, 0.29) is 17.1 Å². The van der Waals surface area contributed by atoms with Crippen LogP contribution in [0.25, 0.3) is 0 Å². The zero-order valence-electron chi connectivity index (χ0n) is 14.1. The second-order valence-electron chi connectivity index (χ2n) is 5.44. The molecule has 132 valence electrons. The Hall–Kier alpha value is -2.12. The molecule has 1 amide bonds. The monoisotopic (exact) mass is 422 g/mol. The molecule has 0 aromatic heterocycles. The number of carbonyl (C=O) groups excluding carboxylic acids is 1. The zero-order valence-corrected chi connectivity index (χ0v) is 16.5. The third-order valence-corrected chi connectivity index (χ3v) is 3.81. The topological polar surface area (TPSA) is 59.6 Å². The smallest absolute Gasteiger partial charge is 0.261 e. The number of anilines is 1. The van der Waals surface area contributed by atoms with Crippen LogP contribution in [0.15, 0.2) is 46.9 Å². The van der Waals surface area contributed by atoms with E-state index < -0.39 is 0 Å². The van der Waals surface area contributed by atoms with Crippen molar-refractivity contribution in [3.05, 3.63) is 52.5 Å². The Morgan fingerprint density at radius 2 is 1.84 bits per heavy atom. The van der Waals surface area contributed by atoms with Gasteiger partial charge in [-0.3, -0.25) is 10.1 Å². The third kappa shape index (κ3) is 5.72. The maximum absolute atomic E-state index is 12.4. The minimum absolute atomic E-state index is 0.111. The Bertz CT molecular complexity index is 763. The maximum atomic E-state index is 12.4. The van der Waals surface area contributed by atoms with Gasteiger partial charge in [0.25, 0.3) is 5.91 Å². The van der Waals surface area contributed by atoms with Gasteiger partial charge in [-0.15, -0.1) is 0 Å². The van der Waals surface area contributed by atoms with Crippen LogP contribution in [0.4, 0.5) is 5.69 Å². The summed E-state index contributed by atoms with van der Waals surface area (Å²) in [5.74, 6) is 0.892. The number of carbonyl (C=O) groups is 1. The molecule has 0 saturated heterocycles. The molecule has 2 aromatic carbocycles. The van der Waals surface area contributed by atoms with Crippen LogP contribution in [-0.4, -0.2) is 24.2 Å². The van der Waals surface area contributed by atoms with E-state index in [1.807, 2.05) is 38.1 Å². The molecule has 0 aliphatic carbocycles. The van der Waals surface area contributed by atoms with Gasteiger partial charge in [0.2, 0.25) is 0 Å². The molecule has 7 heteroatoms. The van der Waals surface area contributed by atoms with Crippen molar-refractivity contribution in [2.45, 2.75) is 20.0 Å². The first-order valence-corrected chi connectivity index (χ1v) is 8.81. The Labute approximate surface area is 160 Å². The number of nitrogens with one attached hydrogen (secondary N) is 2. The van der Waals surface area contributed by atoms with E-state index in [1.165, 1.54) is 7.11 Å². The van der Waals surface area contributed by atoms with Gasteiger partial charge in [-0.05, 0) is 68.5 Å². The molecule has 0 aliphatic rings. The summed E-state index contributed by atoms with van der Waals surface area (Å²) in [5, 5.41) is 5.81. The number of hydrogen-bond acceptors (Lipinski definition) is 4. The van der Waals surface area contributed by atoms with Gasteiger partial charge in [0, 0.05) is 10.2 Å². The minimum atomic E-state index is -0.351. The van der Waals surface area contributed by atoms with Gasteiger partial charge in [0.1, 0.15) is 11.5 Å². The van der Waals surface area contributed by atoms with Crippen molar-refractivity contribution < 1.29 is 14.3 Å². The van der Waals surface area contributed by atoms with Gasteiger partial charge in [0.05, 0.1) is 18.8 Å². The summed E-state index contributed by atoms with van der Waals surface area (Å²) in [5.41, 5.74) is 1.14. The molecule has 2 N–H and O–H groups in total. The maximum Gasteiger partial charge on any atom is 0.261 e. The van der Waals surface area contributed by atoms with Crippen LogP contribution < -0.4 is 20.1 Å².